The Bertz CT molecular complexity index is 281. The van der Waals surface area contributed by atoms with Crippen molar-refractivity contribution in [2.24, 2.45) is 11.8 Å². The Kier molecular flexibility index (Phi) is 7.66. The molecule has 1 rings (SSSR count). The molecule has 0 atom stereocenters. The molecule has 1 aliphatic rings. The predicted octanol–water partition coefficient (Wildman–Crippen LogP) is 4.01. The minimum Gasteiger partial charge on any atom is -0.379 e. The van der Waals surface area contributed by atoms with E-state index < -0.39 is 0 Å². The van der Waals surface area contributed by atoms with Crippen LogP contribution in [0.25, 0.3) is 0 Å². The Morgan fingerprint density at radius 2 is 1.86 bits per heavy atom. The second-order valence-corrected chi connectivity index (χ2v) is 7.61. The summed E-state index contributed by atoms with van der Waals surface area (Å²) in [6, 6.07) is 0. The van der Waals surface area contributed by atoms with Crippen LogP contribution in [0.4, 0.5) is 0 Å². The van der Waals surface area contributed by atoms with E-state index in [0.29, 0.717) is 0 Å². The second-order valence-electron chi connectivity index (χ2n) is 7.61. The van der Waals surface area contributed by atoms with Crippen LogP contribution in [-0.4, -0.2) is 38.0 Å². The molecule has 1 aliphatic carbocycles. The summed E-state index contributed by atoms with van der Waals surface area (Å²) < 4.78 is 11.9. The van der Waals surface area contributed by atoms with E-state index in [1.54, 1.807) is 7.11 Å². The maximum Gasteiger partial charge on any atom is 0.0806 e. The first-order valence-electron chi connectivity index (χ1n) is 8.74. The number of methoxy groups -OCH3 is 1. The third-order valence-corrected chi connectivity index (χ3v) is 5.25. The molecule has 0 heterocycles. The highest BCUT2D eigenvalue weighted by atomic mass is 16.5. The van der Waals surface area contributed by atoms with Crippen LogP contribution in [0.3, 0.4) is 0 Å². The van der Waals surface area contributed by atoms with Crippen molar-refractivity contribution in [1.29, 1.82) is 0 Å². The van der Waals surface area contributed by atoms with Gasteiger partial charge in [0.2, 0.25) is 0 Å². The minimum absolute atomic E-state index is 0.0468. The Balaban J connectivity index is 2.52. The number of ether oxygens (including phenoxy) is 2. The molecule has 0 spiro atoms. The lowest BCUT2D eigenvalue weighted by molar-refractivity contribution is -0.0984. The molecule has 1 fully saturated rings. The molecule has 0 aliphatic heterocycles. The third-order valence-electron chi connectivity index (χ3n) is 5.25. The van der Waals surface area contributed by atoms with Crippen molar-refractivity contribution in [1.82, 2.24) is 5.32 Å². The topological polar surface area (TPSA) is 30.5 Å². The van der Waals surface area contributed by atoms with E-state index in [-0.39, 0.29) is 11.2 Å². The molecule has 21 heavy (non-hydrogen) atoms. The first kappa shape index (κ1) is 18.9. The fourth-order valence-corrected chi connectivity index (χ4v) is 3.17. The molecular weight excluding hydrogens is 262 g/mol. The fourth-order valence-electron chi connectivity index (χ4n) is 3.17. The predicted molar refractivity (Wildman–Crippen MR) is 89.7 cm³/mol. The maximum absolute atomic E-state index is 6.40. The highest BCUT2D eigenvalue weighted by molar-refractivity contribution is 4.90. The standard InChI is InChI=1S/C18H37NO2/c1-7-19-14-18(21-13-12-17(4,5)20-6)10-8-16(9-11-18)15(2)3/h15-16,19H,7-14H2,1-6H3. The molecule has 0 bridgehead atoms. The van der Waals surface area contributed by atoms with Crippen molar-refractivity contribution >= 4 is 0 Å². The molecule has 0 unspecified atom stereocenters. The average Bonchev–Trinajstić information content (AvgIpc) is 2.45. The number of hydrogen-bond acceptors (Lipinski definition) is 3. The van der Waals surface area contributed by atoms with Crippen LogP contribution in [-0.2, 0) is 9.47 Å². The second kappa shape index (κ2) is 8.50. The molecule has 1 saturated carbocycles. The molecule has 0 radical (unpaired) electrons. The fraction of sp³-hybridized carbons (Fsp3) is 1.00. The minimum atomic E-state index is -0.0888. The van der Waals surface area contributed by atoms with E-state index in [0.717, 1.165) is 38.0 Å². The van der Waals surface area contributed by atoms with E-state index >= 15 is 0 Å². The van der Waals surface area contributed by atoms with Gasteiger partial charge in [0.05, 0.1) is 17.8 Å². The first-order chi connectivity index (χ1) is 9.84. The molecule has 1 N–H and O–H groups in total. The first-order valence-corrected chi connectivity index (χ1v) is 8.74. The third kappa shape index (κ3) is 6.25. The number of nitrogens with one attached hydrogen (secondary N) is 1. The van der Waals surface area contributed by atoms with Crippen LogP contribution in [0.1, 0.15) is 66.7 Å². The lowest BCUT2D eigenvalue weighted by atomic mass is 9.74. The van der Waals surface area contributed by atoms with Crippen molar-refractivity contribution in [2.75, 3.05) is 26.8 Å². The van der Waals surface area contributed by atoms with Crippen molar-refractivity contribution in [3.05, 3.63) is 0 Å². The van der Waals surface area contributed by atoms with Gasteiger partial charge in [-0.25, -0.2) is 0 Å². The number of hydrogen-bond donors (Lipinski definition) is 1. The van der Waals surface area contributed by atoms with Crippen molar-refractivity contribution in [3.8, 4) is 0 Å². The van der Waals surface area contributed by atoms with E-state index in [1.165, 1.54) is 25.7 Å². The van der Waals surface area contributed by atoms with Gasteiger partial charge in [-0.05, 0) is 64.3 Å². The van der Waals surface area contributed by atoms with E-state index in [2.05, 4.69) is 39.9 Å². The summed E-state index contributed by atoms with van der Waals surface area (Å²) in [4.78, 5) is 0. The van der Waals surface area contributed by atoms with Gasteiger partial charge in [-0.15, -0.1) is 0 Å². The molecule has 0 amide bonds. The molecule has 0 aromatic rings. The lowest BCUT2D eigenvalue weighted by Crippen LogP contribution is -2.47. The summed E-state index contributed by atoms with van der Waals surface area (Å²) in [6.07, 6.45) is 5.94. The monoisotopic (exact) mass is 299 g/mol. The normalized spacial score (nSPS) is 27.3. The SMILES string of the molecule is CCNCC1(OCCC(C)(C)OC)CCC(C(C)C)CC1. The van der Waals surface area contributed by atoms with Gasteiger partial charge in [-0.1, -0.05) is 20.8 Å². The zero-order valence-corrected chi connectivity index (χ0v) is 15.1. The van der Waals surface area contributed by atoms with Gasteiger partial charge in [-0.3, -0.25) is 0 Å². The Labute approximate surface area is 132 Å². The van der Waals surface area contributed by atoms with Crippen LogP contribution in [0, 0.1) is 11.8 Å². The quantitative estimate of drug-likeness (QED) is 0.697. The van der Waals surface area contributed by atoms with Crippen molar-refractivity contribution < 1.29 is 9.47 Å². The molecule has 0 saturated heterocycles. The van der Waals surface area contributed by atoms with E-state index in [1.807, 2.05) is 0 Å². The van der Waals surface area contributed by atoms with E-state index in [9.17, 15) is 0 Å². The summed E-state index contributed by atoms with van der Waals surface area (Å²) in [7, 11) is 1.78. The molecule has 3 nitrogen and oxygen atoms in total. The average molecular weight is 299 g/mol. The van der Waals surface area contributed by atoms with Crippen molar-refractivity contribution in [3.63, 3.8) is 0 Å². The lowest BCUT2D eigenvalue weighted by Gasteiger charge is -2.42. The zero-order valence-electron chi connectivity index (χ0n) is 15.1. The van der Waals surface area contributed by atoms with Crippen LogP contribution in [0.5, 0.6) is 0 Å². The van der Waals surface area contributed by atoms with Crippen LogP contribution >= 0.6 is 0 Å². The van der Waals surface area contributed by atoms with Gasteiger partial charge in [0.25, 0.3) is 0 Å². The maximum atomic E-state index is 6.40. The van der Waals surface area contributed by atoms with Gasteiger partial charge < -0.3 is 14.8 Å². The van der Waals surface area contributed by atoms with Gasteiger partial charge >= 0.3 is 0 Å². The highest BCUT2D eigenvalue weighted by Gasteiger charge is 2.37. The molecule has 3 heteroatoms. The van der Waals surface area contributed by atoms with Gasteiger partial charge in [0, 0.05) is 13.7 Å². The number of rotatable bonds is 9. The highest BCUT2D eigenvalue weighted by Crippen LogP contribution is 2.38. The molecular formula is C18H37NO2. The molecule has 0 aromatic heterocycles. The summed E-state index contributed by atoms with van der Waals surface area (Å²) in [5, 5.41) is 3.51. The van der Waals surface area contributed by atoms with E-state index in [4.69, 9.17) is 9.47 Å². The zero-order chi connectivity index (χ0) is 15.9. The largest absolute Gasteiger partial charge is 0.379 e. The van der Waals surface area contributed by atoms with Crippen molar-refractivity contribution in [2.45, 2.75) is 77.9 Å². The van der Waals surface area contributed by atoms with Gasteiger partial charge in [0.1, 0.15) is 0 Å². The smallest absolute Gasteiger partial charge is 0.0806 e. The Morgan fingerprint density at radius 3 is 2.33 bits per heavy atom. The Hall–Kier alpha value is -0.120. The summed E-state index contributed by atoms with van der Waals surface area (Å²) in [5.74, 6) is 1.67. The van der Waals surface area contributed by atoms with Crippen LogP contribution in [0.15, 0.2) is 0 Å². The molecule has 0 aromatic carbocycles. The van der Waals surface area contributed by atoms with Gasteiger partial charge in [0.15, 0.2) is 0 Å². The van der Waals surface area contributed by atoms with Crippen LogP contribution < -0.4 is 5.32 Å². The number of likely N-dealkylation sites (N-methyl/N-ethyl adjacent to an activating group) is 1. The van der Waals surface area contributed by atoms with Crippen LogP contribution in [0.2, 0.25) is 0 Å². The van der Waals surface area contributed by atoms with Gasteiger partial charge in [-0.2, -0.15) is 0 Å². The summed E-state index contributed by atoms with van der Waals surface area (Å²) in [5.41, 5.74) is -0.0419. The summed E-state index contributed by atoms with van der Waals surface area (Å²) in [6.45, 7) is 13.9. The molecule has 126 valence electrons. The summed E-state index contributed by atoms with van der Waals surface area (Å²) >= 11 is 0. The Morgan fingerprint density at radius 1 is 1.24 bits per heavy atom.